The summed E-state index contributed by atoms with van der Waals surface area (Å²) in [5.74, 6) is 0. The van der Waals surface area contributed by atoms with Crippen LogP contribution in [0.15, 0.2) is 0 Å². The van der Waals surface area contributed by atoms with Gasteiger partial charge in [0.15, 0.2) is 0 Å². The van der Waals surface area contributed by atoms with E-state index in [-0.39, 0.29) is 46.9 Å². The molecule has 3 heteroatoms. The molecule has 0 saturated carbocycles. The van der Waals surface area contributed by atoms with E-state index >= 15 is 0 Å². The molecule has 0 aromatic heterocycles. The van der Waals surface area contributed by atoms with Crippen LogP contribution in [-0.2, 0) is 22.4 Å². The summed E-state index contributed by atoms with van der Waals surface area (Å²) >= 11 is 0. The molecule has 0 saturated heterocycles. The van der Waals surface area contributed by atoms with Crippen LogP contribution >= 0.6 is 0 Å². The largest absolute Gasteiger partial charge is 0.344 e. The maximum Gasteiger partial charge on any atom is 0 e. The Morgan fingerprint density at radius 3 is 1.00 bits per heavy atom. The van der Waals surface area contributed by atoms with Crippen molar-refractivity contribution in [3.05, 3.63) is 0 Å². The van der Waals surface area contributed by atoms with Gasteiger partial charge >= 0.3 is 0 Å². The van der Waals surface area contributed by atoms with E-state index in [1.165, 1.54) is 0 Å². The normalized spacial score (nSPS) is 0. The van der Waals surface area contributed by atoms with Gasteiger partial charge < -0.3 is 6.15 Å². The van der Waals surface area contributed by atoms with E-state index in [9.17, 15) is 0 Å². The van der Waals surface area contributed by atoms with Gasteiger partial charge in [-0.05, 0) is 11.0 Å². The van der Waals surface area contributed by atoms with Crippen LogP contribution in [0.2, 0.25) is 0 Å². The molecule has 0 aliphatic carbocycles. The second kappa shape index (κ2) is 39.6. The fourth-order valence-electron chi connectivity index (χ4n) is 0. The summed E-state index contributed by atoms with van der Waals surface area (Å²) in [6.45, 7) is 0. The molecule has 0 atom stereocenters. The van der Waals surface area contributed by atoms with Crippen LogP contribution in [0.5, 0.6) is 0 Å². The van der Waals surface area contributed by atoms with E-state index in [1.54, 1.807) is 0 Å². The Labute approximate surface area is 47.3 Å². The molecule has 1 radical (unpaired) electrons. The summed E-state index contributed by atoms with van der Waals surface area (Å²) in [7, 11) is 0. The smallest absolute Gasteiger partial charge is 0 e. The molecule has 0 spiro atoms. The molecular weight excluding hydrogens is 147 g/mol. The maximum atomic E-state index is 0. The average molecular weight is 158 g/mol. The van der Waals surface area contributed by atoms with Crippen molar-refractivity contribution in [3.63, 3.8) is 0 Å². The summed E-state index contributed by atoms with van der Waals surface area (Å²) in [6, 6.07) is 0. The quantitative estimate of drug-likeness (QED) is 0.467. The molecule has 29 valence electrons. The molecule has 4 heavy (non-hydrogen) atoms. The minimum atomic E-state index is 0. The van der Waals surface area contributed by atoms with E-state index < -0.39 is 0 Å². The average Bonchev–Trinajstić information content (AvgIpc) is 0. The Balaban J connectivity index is 0. The maximum absolute atomic E-state index is 0. The van der Waals surface area contributed by atoms with Crippen molar-refractivity contribution in [2.75, 3.05) is 0 Å². The second-order valence-corrected chi connectivity index (χ2v) is 0. The molecule has 0 aromatic rings. The summed E-state index contributed by atoms with van der Waals surface area (Å²) in [4.78, 5) is 0. The third kappa shape index (κ3) is 12.7. The Morgan fingerprint density at radius 1 is 1.00 bits per heavy atom. The van der Waals surface area contributed by atoms with E-state index in [0.29, 0.717) is 0 Å². The predicted octanol–water partition coefficient (Wildman–Crippen LogP) is -0.656. The molecule has 3 N–H and O–H groups in total. The molecule has 0 aromatic carbocycles. The van der Waals surface area contributed by atoms with Crippen LogP contribution in [0.3, 0.4) is 0 Å². The molecule has 0 rings (SSSR count). The SMILES string of the molecule is C.N.[Nb].[SiH4]. The monoisotopic (exact) mass is 158 g/mol. The third-order valence-electron chi connectivity index (χ3n) is 0. The third-order valence-corrected chi connectivity index (χ3v) is 0. The van der Waals surface area contributed by atoms with Crippen molar-refractivity contribution < 1.29 is 22.4 Å². The van der Waals surface area contributed by atoms with Crippen molar-refractivity contribution >= 4 is 11.0 Å². The summed E-state index contributed by atoms with van der Waals surface area (Å²) in [6.07, 6.45) is 0. The zero-order valence-corrected chi connectivity index (χ0v) is 3.35. The number of hydrogen-bond donors (Lipinski definition) is 1. The van der Waals surface area contributed by atoms with Gasteiger partial charge in [0.1, 0.15) is 0 Å². The molecule has 0 amide bonds. The molecule has 0 aliphatic heterocycles. The molecule has 0 unspecified atom stereocenters. The zero-order chi connectivity index (χ0) is 0. The topological polar surface area (TPSA) is 35.0 Å². The van der Waals surface area contributed by atoms with E-state index in [1.807, 2.05) is 0 Å². The van der Waals surface area contributed by atoms with Crippen LogP contribution in [0.4, 0.5) is 0 Å². The van der Waals surface area contributed by atoms with Crippen molar-refractivity contribution in [1.82, 2.24) is 6.15 Å². The second-order valence-electron chi connectivity index (χ2n) is 0. The van der Waals surface area contributed by atoms with Crippen LogP contribution in [0.1, 0.15) is 7.43 Å². The van der Waals surface area contributed by atoms with Gasteiger partial charge in [0.05, 0.1) is 0 Å². The van der Waals surface area contributed by atoms with Gasteiger partial charge in [-0.25, -0.2) is 0 Å². The first-order chi connectivity index (χ1) is 0. The Hall–Kier alpha value is 0.917. The van der Waals surface area contributed by atoms with Gasteiger partial charge in [0, 0.05) is 22.4 Å². The fourth-order valence-corrected chi connectivity index (χ4v) is 0. The van der Waals surface area contributed by atoms with E-state index in [2.05, 4.69) is 0 Å². The van der Waals surface area contributed by atoms with Gasteiger partial charge in [-0.3, -0.25) is 0 Å². The van der Waals surface area contributed by atoms with Crippen LogP contribution in [0, 0.1) is 0 Å². The number of hydrogen-bond acceptors (Lipinski definition) is 1. The van der Waals surface area contributed by atoms with Gasteiger partial charge in [0.2, 0.25) is 0 Å². The minimum absolute atomic E-state index is 0. The van der Waals surface area contributed by atoms with Crippen molar-refractivity contribution in [3.8, 4) is 0 Å². The molecule has 0 aliphatic rings. The van der Waals surface area contributed by atoms with Crippen molar-refractivity contribution in [1.29, 1.82) is 0 Å². The minimum Gasteiger partial charge on any atom is -0.344 e. The van der Waals surface area contributed by atoms with E-state index in [4.69, 9.17) is 0 Å². The molecular formula is CH11NNbSi. The van der Waals surface area contributed by atoms with Crippen LogP contribution < -0.4 is 6.15 Å². The van der Waals surface area contributed by atoms with Crippen molar-refractivity contribution in [2.45, 2.75) is 7.43 Å². The van der Waals surface area contributed by atoms with Crippen LogP contribution in [0.25, 0.3) is 0 Å². The van der Waals surface area contributed by atoms with Crippen molar-refractivity contribution in [2.24, 2.45) is 0 Å². The van der Waals surface area contributed by atoms with Gasteiger partial charge in [-0.2, -0.15) is 0 Å². The Morgan fingerprint density at radius 2 is 1.00 bits per heavy atom. The zero-order valence-electron chi connectivity index (χ0n) is 1.15. The van der Waals surface area contributed by atoms with E-state index in [0.717, 1.165) is 0 Å². The summed E-state index contributed by atoms with van der Waals surface area (Å²) in [5.41, 5.74) is 0. The molecule has 0 bridgehead atoms. The standard InChI is InChI=1S/CH4.H3N.Nb.H4Si/h1H4;1H3;;1H4. The van der Waals surface area contributed by atoms with Gasteiger partial charge in [-0.15, -0.1) is 0 Å². The first-order valence-electron chi connectivity index (χ1n) is 0. The Bertz CT molecular complexity index is 8.00. The molecule has 0 fully saturated rings. The molecule has 1 nitrogen and oxygen atoms in total. The fraction of sp³-hybridized carbons (Fsp3) is 1.00. The van der Waals surface area contributed by atoms with Gasteiger partial charge in [0.25, 0.3) is 0 Å². The van der Waals surface area contributed by atoms with Gasteiger partial charge in [-0.1, -0.05) is 7.43 Å². The Kier molecular flexibility index (Phi) is 889. The summed E-state index contributed by atoms with van der Waals surface area (Å²) < 4.78 is 0. The first kappa shape index (κ1) is 89.7. The summed E-state index contributed by atoms with van der Waals surface area (Å²) in [5, 5.41) is 0. The predicted molar refractivity (Wildman–Crippen MR) is 23.1 cm³/mol. The molecule has 0 heterocycles. The number of rotatable bonds is 0. The van der Waals surface area contributed by atoms with Crippen LogP contribution in [-0.4, -0.2) is 11.0 Å². The first-order valence-corrected chi connectivity index (χ1v) is 0.